The van der Waals surface area contributed by atoms with E-state index >= 15 is 0 Å². The van der Waals surface area contributed by atoms with Gasteiger partial charge in [-0.05, 0) is 38.6 Å². The minimum absolute atomic E-state index is 0.00619. The minimum Gasteiger partial charge on any atom is -0.481 e. The van der Waals surface area contributed by atoms with Crippen LogP contribution < -0.4 is 5.32 Å². The first kappa shape index (κ1) is 16.0. The molecule has 0 aromatic carbocycles. The van der Waals surface area contributed by atoms with Crippen molar-refractivity contribution in [2.75, 3.05) is 19.6 Å². The van der Waals surface area contributed by atoms with Crippen molar-refractivity contribution in [2.45, 2.75) is 46.1 Å². The van der Waals surface area contributed by atoms with Gasteiger partial charge >= 0.3 is 5.97 Å². The minimum atomic E-state index is -0.753. The van der Waals surface area contributed by atoms with Crippen LogP contribution in [0.25, 0.3) is 0 Å². The summed E-state index contributed by atoms with van der Waals surface area (Å²) in [6.07, 6.45) is 2.53. The summed E-state index contributed by atoms with van der Waals surface area (Å²) in [6.45, 7) is 8.08. The van der Waals surface area contributed by atoms with Gasteiger partial charge in [0, 0.05) is 13.1 Å². The molecule has 0 aromatic heterocycles. The van der Waals surface area contributed by atoms with E-state index < -0.39 is 5.97 Å². The standard InChI is InChI=1S/C14H26N2O3/c1-10(2)6-7-15-13(17)11(3)16-8-4-5-12(9-16)14(18)19/h10-12H,4-9H2,1-3H3,(H,15,17)(H,18,19)/t11-,12+/m1/s1. The molecule has 1 fully saturated rings. The molecule has 1 rings (SSSR count). The van der Waals surface area contributed by atoms with Crippen molar-refractivity contribution in [3.63, 3.8) is 0 Å². The van der Waals surface area contributed by atoms with Crippen molar-refractivity contribution in [1.29, 1.82) is 0 Å². The van der Waals surface area contributed by atoms with Crippen LogP contribution in [-0.4, -0.2) is 47.6 Å². The molecule has 0 aromatic rings. The number of hydrogen-bond acceptors (Lipinski definition) is 3. The lowest BCUT2D eigenvalue weighted by molar-refractivity contribution is -0.145. The van der Waals surface area contributed by atoms with Crippen LogP contribution in [0.2, 0.25) is 0 Å². The monoisotopic (exact) mass is 270 g/mol. The van der Waals surface area contributed by atoms with Gasteiger partial charge in [-0.1, -0.05) is 13.8 Å². The zero-order valence-electron chi connectivity index (χ0n) is 12.2. The molecule has 19 heavy (non-hydrogen) atoms. The van der Waals surface area contributed by atoms with Crippen LogP contribution in [0.5, 0.6) is 0 Å². The lowest BCUT2D eigenvalue weighted by Gasteiger charge is -2.34. The normalized spacial score (nSPS) is 22.2. The number of nitrogens with one attached hydrogen (secondary N) is 1. The summed E-state index contributed by atoms with van der Waals surface area (Å²) in [5, 5.41) is 12.0. The van der Waals surface area contributed by atoms with Gasteiger partial charge in [-0.15, -0.1) is 0 Å². The average Bonchev–Trinajstić information content (AvgIpc) is 2.37. The molecule has 1 saturated heterocycles. The van der Waals surface area contributed by atoms with Gasteiger partial charge in [-0.3, -0.25) is 14.5 Å². The summed E-state index contributed by atoms with van der Waals surface area (Å²) < 4.78 is 0. The van der Waals surface area contributed by atoms with Crippen molar-refractivity contribution < 1.29 is 14.7 Å². The topological polar surface area (TPSA) is 69.6 Å². The molecule has 0 saturated carbocycles. The molecule has 0 aliphatic carbocycles. The molecule has 0 spiro atoms. The Balaban J connectivity index is 2.40. The number of carboxylic acids is 1. The van der Waals surface area contributed by atoms with Crippen LogP contribution in [-0.2, 0) is 9.59 Å². The Morgan fingerprint density at radius 2 is 2.05 bits per heavy atom. The van der Waals surface area contributed by atoms with Crippen molar-refractivity contribution >= 4 is 11.9 Å². The fourth-order valence-electron chi connectivity index (χ4n) is 2.36. The Labute approximate surface area is 115 Å². The van der Waals surface area contributed by atoms with Gasteiger partial charge in [-0.2, -0.15) is 0 Å². The number of carboxylic acid groups (broad SMARTS) is 1. The molecule has 110 valence electrons. The lowest BCUT2D eigenvalue weighted by atomic mass is 9.97. The van der Waals surface area contributed by atoms with Crippen LogP contribution in [0.15, 0.2) is 0 Å². The van der Waals surface area contributed by atoms with E-state index in [4.69, 9.17) is 5.11 Å². The number of carbonyl (C=O) groups excluding carboxylic acids is 1. The number of rotatable bonds is 6. The second-order valence-corrected chi connectivity index (χ2v) is 5.82. The zero-order chi connectivity index (χ0) is 14.4. The zero-order valence-corrected chi connectivity index (χ0v) is 12.2. The number of piperidine rings is 1. The maximum Gasteiger partial charge on any atom is 0.307 e. The molecule has 1 amide bonds. The van der Waals surface area contributed by atoms with E-state index in [1.165, 1.54) is 0 Å². The third-order valence-corrected chi connectivity index (χ3v) is 3.75. The maximum atomic E-state index is 12.0. The van der Waals surface area contributed by atoms with E-state index in [2.05, 4.69) is 19.2 Å². The highest BCUT2D eigenvalue weighted by atomic mass is 16.4. The van der Waals surface area contributed by atoms with Gasteiger partial charge in [0.25, 0.3) is 0 Å². The van der Waals surface area contributed by atoms with Gasteiger partial charge in [-0.25, -0.2) is 0 Å². The molecule has 2 N–H and O–H groups in total. The van der Waals surface area contributed by atoms with Gasteiger partial charge < -0.3 is 10.4 Å². The van der Waals surface area contributed by atoms with Crippen LogP contribution in [0.1, 0.15) is 40.0 Å². The summed E-state index contributed by atoms with van der Waals surface area (Å²) >= 11 is 0. The highest BCUT2D eigenvalue weighted by molar-refractivity contribution is 5.81. The predicted octanol–water partition coefficient (Wildman–Crippen LogP) is 1.33. The van der Waals surface area contributed by atoms with E-state index in [0.29, 0.717) is 25.4 Å². The fraction of sp³-hybridized carbons (Fsp3) is 0.857. The number of carbonyl (C=O) groups is 2. The Hall–Kier alpha value is -1.10. The van der Waals surface area contributed by atoms with Crippen molar-refractivity contribution in [1.82, 2.24) is 10.2 Å². The summed E-state index contributed by atoms with van der Waals surface area (Å²) in [7, 11) is 0. The molecule has 0 unspecified atom stereocenters. The molecule has 5 heteroatoms. The first-order valence-corrected chi connectivity index (χ1v) is 7.16. The maximum absolute atomic E-state index is 12.0. The Kier molecular flexibility index (Phi) is 6.28. The molecule has 0 radical (unpaired) electrons. The van der Waals surface area contributed by atoms with Gasteiger partial charge in [0.1, 0.15) is 0 Å². The van der Waals surface area contributed by atoms with Crippen LogP contribution in [0, 0.1) is 11.8 Å². The van der Waals surface area contributed by atoms with E-state index in [9.17, 15) is 9.59 Å². The highest BCUT2D eigenvalue weighted by Gasteiger charge is 2.30. The Morgan fingerprint density at radius 3 is 2.63 bits per heavy atom. The van der Waals surface area contributed by atoms with Gasteiger partial charge in [0.15, 0.2) is 0 Å². The third-order valence-electron chi connectivity index (χ3n) is 3.75. The SMILES string of the molecule is CC(C)CCNC(=O)[C@@H](C)N1CCC[C@H](C(=O)O)C1. The Morgan fingerprint density at radius 1 is 1.37 bits per heavy atom. The Bertz CT molecular complexity index is 318. The first-order chi connectivity index (χ1) is 8.91. The molecule has 1 aliphatic rings. The first-order valence-electron chi connectivity index (χ1n) is 7.16. The summed E-state index contributed by atoms with van der Waals surface area (Å²) in [5.74, 6) is -0.509. The van der Waals surface area contributed by atoms with Crippen LogP contribution in [0.4, 0.5) is 0 Å². The van der Waals surface area contributed by atoms with E-state index in [-0.39, 0.29) is 17.9 Å². The van der Waals surface area contributed by atoms with E-state index in [0.717, 1.165) is 19.4 Å². The molecule has 1 heterocycles. The number of amides is 1. The lowest BCUT2D eigenvalue weighted by Crippen LogP contribution is -2.50. The van der Waals surface area contributed by atoms with Crippen LogP contribution >= 0.6 is 0 Å². The fourth-order valence-corrected chi connectivity index (χ4v) is 2.36. The molecule has 5 nitrogen and oxygen atoms in total. The van der Waals surface area contributed by atoms with E-state index in [1.54, 1.807) is 0 Å². The van der Waals surface area contributed by atoms with Crippen molar-refractivity contribution in [3.05, 3.63) is 0 Å². The van der Waals surface area contributed by atoms with Gasteiger partial charge in [0.2, 0.25) is 5.91 Å². The largest absolute Gasteiger partial charge is 0.481 e. The van der Waals surface area contributed by atoms with Crippen molar-refractivity contribution in [3.8, 4) is 0 Å². The number of hydrogen-bond donors (Lipinski definition) is 2. The second-order valence-electron chi connectivity index (χ2n) is 5.82. The molecular formula is C14H26N2O3. The number of likely N-dealkylation sites (tertiary alicyclic amines) is 1. The summed E-state index contributed by atoms with van der Waals surface area (Å²) in [4.78, 5) is 25.0. The van der Waals surface area contributed by atoms with Crippen LogP contribution in [0.3, 0.4) is 0 Å². The molecule has 0 bridgehead atoms. The van der Waals surface area contributed by atoms with E-state index in [1.807, 2.05) is 11.8 Å². The quantitative estimate of drug-likeness (QED) is 0.764. The summed E-state index contributed by atoms with van der Waals surface area (Å²) in [5.41, 5.74) is 0. The molecule has 2 atom stereocenters. The predicted molar refractivity (Wildman–Crippen MR) is 73.9 cm³/mol. The summed E-state index contributed by atoms with van der Waals surface area (Å²) in [6, 6.07) is -0.241. The third kappa shape index (κ3) is 5.19. The highest BCUT2D eigenvalue weighted by Crippen LogP contribution is 2.18. The number of nitrogens with zero attached hydrogens (tertiary/aromatic N) is 1. The average molecular weight is 270 g/mol. The smallest absolute Gasteiger partial charge is 0.307 e. The second kappa shape index (κ2) is 7.48. The van der Waals surface area contributed by atoms with Crippen molar-refractivity contribution in [2.24, 2.45) is 11.8 Å². The molecule has 1 aliphatic heterocycles. The number of aliphatic carboxylic acids is 1. The van der Waals surface area contributed by atoms with Gasteiger partial charge in [0.05, 0.1) is 12.0 Å². The molecular weight excluding hydrogens is 244 g/mol.